The van der Waals surface area contributed by atoms with E-state index in [2.05, 4.69) is 0 Å². The van der Waals surface area contributed by atoms with E-state index in [-0.39, 0.29) is 5.69 Å². The van der Waals surface area contributed by atoms with Crippen molar-refractivity contribution in [1.29, 1.82) is 0 Å². The molecule has 2 aliphatic carbocycles. The van der Waals surface area contributed by atoms with Gasteiger partial charge in [0.2, 0.25) is 11.8 Å². The number of fused-ring (bicyclic) bond motifs is 5. The van der Waals surface area contributed by atoms with Gasteiger partial charge in [-0.05, 0) is 75.9 Å². The SMILES string of the molecule is O=C1[C@H]2[C@H](C(=O)N1c1ccc(Cl)c(C(F)(F)F)c1)[C@@]1(c3ccc(Cl)cc3)C(=O)[C@@]2(c2ccc(Cl)cc2)C(c2ccccc2)=C1c1ccccc1. The number of ketones is 1. The third kappa shape index (κ3) is 4.30. The average Bonchev–Trinajstić information content (AvgIpc) is 3.61. The molecule has 2 amide bonds. The predicted octanol–water partition coefficient (Wildman–Crippen LogP) is 9.85. The van der Waals surface area contributed by atoms with Crippen LogP contribution in [0.3, 0.4) is 0 Å². The van der Waals surface area contributed by atoms with Crippen LogP contribution in [0.2, 0.25) is 15.1 Å². The van der Waals surface area contributed by atoms with Gasteiger partial charge in [-0.25, -0.2) is 4.90 Å². The first kappa shape index (κ1) is 32.5. The lowest BCUT2D eigenvalue weighted by atomic mass is 9.59. The molecule has 2 fully saturated rings. The van der Waals surface area contributed by atoms with Gasteiger partial charge in [0.25, 0.3) is 0 Å². The van der Waals surface area contributed by atoms with E-state index in [1.807, 2.05) is 60.7 Å². The van der Waals surface area contributed by atoms with Gasteiger partial charge in [-0.15, -0.1) is 0 Å². The monoisotopic (exact) mass is 727 g/mol. The summed E-state index contributed by atoms with van der Waals surface area (Å²) in [4.78, 5) is 46.8. The van der Waals surface area contributed by atoms with E-state index in [1.54, 1.807) is 48.5 Å². The maximum atomic E-state index is 15.9. The molecule has 0 N–H and O–H groups in total. The molecule has 1 saturated heterocycles. The number of rotatable bonds is 5. The molecule has 1 heterocycles. The molecule has 0 unspecified atom stereocenters. The lowest BCUT2D eigenvalue weighted by Gasteiger charge is -2.39. The molecule has 5 aromatic rings. The summed E-state index contributed by atoms with van der Waals surface area (Å²) in [7, 11) is 0. The second-order valence-electron chi connectivity index (χ2n) is 12.6. The summed E-state index contributed by atoms with van der Waals surface area (Å²) in [6.07, 6.45) is -4.86. The number of anilines is 1. The van der Waals surface area contributed by atoms with Crippen LogP contribution in [0.15, 0.2) is 127 Å². The topological polar surface area (TPSA) is 54.5 Å². The molecule has 4 nitrogen and oxygen atoms in total. The van der Waals surface area contributed by atoms with Crippen LogP contribution in [-0.4, -0.2) is 17.6 Å². The molecule has 4 atom stereocenters. The maximum Gasteiger partial charge on any atom is 0.417 e. The zero-order chi connectivity index (χ0) is 35.2. The molecular formula is C40H23Cl3F3NO3. The van der Waals surface area contributed by atoms with Crippen LogP contribution >= 0.6 is 34.8 Å². The molecule has 1 aliphatic heterocycles. The Morgan fingerprint density at radius 3 is 1.38 bits per heavy atom. The van der Waals surface area contributed by atoms with E-state index < -0.39 is 57.0 Å². The largest absolute Gasteiger partial charge is 0.417 e. The van der Waals surface area contributed by atoms with E-state index in [0.717, 1.165) is 11.0 Å². The lowest BCUT2D eigenvalue weighted by molar-refractivity contribution is -0.137. The van der Waals surface area contributed by atoms with Crippen LogP contribution in [0, 0.1) is 11.8 Å². The Labute approximate surface area is 299 Å². The van der Waals surface area contributed by atoms with Crippen LogP contribution in [0.1, 0.15) is 27.8 Å². The number of Topliss-reactive ketones (excluding diaryl/α,β-unsaturated/α-hetero) is 1. The summed E-state index contributed by atoms with van der Waals surface area (Å²) in [6.45, 7) is 0. The van der Waals surface area contributed by atoms with Crippen molar-refractivity contribution in [2.45, 2.75) is 17.0 Å². The van der Waals surface area contributed by atoms with Crippen molar-refractivity contribution in [2.75, 3.05) is 4.90 Å². The number of hydrogen-bond acceptors (Lipinski definition) is 3. The molecule has 0 radical (unpaired) electrons. The molecule has 0 aromatic heterocycles. The highest BCUT2D eigenvalue weighted by Crippen LogP contribution is 2.74. The minimum absolute atomic E-state index is 0.294. The first-order valence-corrected chi connectivity index (χ1v) is 16.7. The van der Waals surface area contributed by atoms with Crippen molar-refractivity contribution in [3.63, 3.8) is 0 Å². The standard InChI is InChI=1S/C40H23Cl3F3NO3/c41-26-15-11-24(12-16-26)38-31(22-7-3-1-4-8-22)32(23-9-5-2-6-10-23)39(37(38)50,25-13-17-27(42)18-14-25)34-33(38)35(48)47(36(34)49)28-19-20-30(43)29(21-28)40(44,45)46/h1-21,33-34H/t33-,34-,38+,39+/m1/s1. The average molecular weight is 729 g/mol. The van der Waals surface area contributed by atoms with Crippen molar-refractivity contribution in [3.8, 4) is 0 Å². The zero-order valence-electron chi connectivity index (χ0n) is 25.7. The lowest BCUT2D eigenvalue weighted by Crippen LogP contribution is -2.45. The molecule has 10 heteroatoms. The van der Waals surface area contributed by atoms with E-state index >= 15 is 14.4 Å². The fraction of sp³-hybridized carbons (Fsp3) is 0.125. The highest BCUT2D eigenvalue weighted by molar-refractivity contribution is 6.39. The Kier molecular flexibility index (Phi) is 7.43. The van der Waals surface area contributed by atoms with Crippen molar-refractivity contribution >= 4 is 69.2 Å². The summed E-state index contributed by atoms with van der Waals surface area (Å²) in [5.41, 5.74) is -1.80. The summed E-state index contributed by atoms with van der Waals surface area (Å²) < 4.78 is 42.3. The third-order valence-electron chi connectivity index (χ3n) is 10.2. The molecular weight excluding hydrogens is 706 g/mol. The fourth-order valence-corrected chi connectivity index (χ4v) is 8.96. The second kappa shape index (κ2) is 11.4. The maximum absolute atomic E-state index is 15.9. The first-order valence-electron chi connectivity index (χ1n) is 15.6. The van der Waals surface area contributed by atoms with Gasteiger partial charge in [-0.1, -0.05) is 120 Å². The zero-order valence-corrected chi connectivity index (χ0v) is 28.0. The van der Waals surface area contributed by atoms with Crippen molar-refractivity contribution < 1.29 is 27.6 Å². The van der Waals surface area contributed by atoms with Crippen LogP contribution < -0.4 is 4.90 Å². The molecule has 1 saturated carbocycles. The van der Waals surface area contributed by atoms with Gasteiger partial charge in [-0.2, -0.15) is 13.2 Å². The van der Waals surface area contributed by atoms with E-state index in [9.17, 15) is 13.2 Å². The number of halogens is 6. The fourth-order valence-electron chi connectivity index (χ4n) is 8.48. The predicted molar refractivity (Wildman–Crippen MR) is 187 cm³/mol. The van der Waals surface area contributed by atoms with E-state index in [0.29, 0.717) is 49.5 Å². The molecule has 3 aliphatic rings. The Hall–Kier alpha value is -4.69. The van der Waals surface area contributed by atoms with Crippen LogP contribution in [0.5, 0.6) is 0 Å². The Morgan fingerprint density at radius 2 is 0.980 bits per heavy atom. The first-order chi connectivity index (χ1) is 23.9. The van der Waals surface area contributed by atoms with Gasteiger partial charge in [0.1, 0.15) is 0 Å². The molecule has 50 heavy (non-hydrogen) atoms. The number of imide groups is 1. The molecule has 5 aromatic carbocycles. The number of benzene rings is 5. The number of carbonyl (C=O) groups excluding carboxylic acids is 3. The van der Waals surface area contributed by atoms with Crippen LogP contribution in [0.25, 0.3) is 11.1 Å². The number of amides is 2. The smallest absolute Gasteiger partial charge is 0.297 e. The molecule has 2 bridgehead atoms. The van der Waals surface area contributed by atoms with Gasteiger partial charge in [0.15, 0.2) is 5.78 Å². The summed E-state index contributed by atoms with van der Waals surface area (Å²) in [5.74, 6) is -4.67. The Bertz CT molecular complexity index is 2130. The van der Waals surface area contributed by atoms with Crippen LogP contribution in [-0.2, 0) is 31.4 Å². The second-order valence-corrected chi connectivity index (χ2v) is 13.9. The Balaban J connectivity index is 1.52. The number of carbonyl (C=O) groups is 3. The molecule has 0 spiro atoms. The normalized spacial score (nSPS) is 24.4. The minimum Gasteiger partial charge on any atom is -0.297 e. The number of nitrogens with zero attached hydrogens (tertiary/aromatic N) is 1. The van der Waals surface area contributed by atoms with Gasteiger partial charge in [-0.3, -0.25) is 14.4 Å². The Morgan fingerprint density at radius 1 is 0.560 bits per heavy atom. The van der Waals surface area contributed by atoms with Crippen molar-refractivity contribution in [3.05, 3.63) is 170 Å². The highest BCUT2D eigenvalue weighted by Gasteiger charge is 2.82. The van der Waals surface area contributed by atoms with Crippen molar-refractivity contribution in [2.24, 2.45) is 11.8 Å². The molecule has 8 rings (SSSR count). The van der Waals surface area contributed by atoms with E-state index in [4.69, 9.17) is 34.8 Å². The summed E-state index contributed by atoms with van der Waals surface area (Å²) in [5, 5.41) is 0.198. The van der Waals surface area contributed by atoms with Gasteiger partial charge < -0.3 is 0 Å². The van der Waals surface area contributed by atoms with Crippen molar-refractivity contribution in [1.82, 2.24) is 0 Å². The number of alkyl halides is 3. The highest BCUT2D eigenvalue weighted by atomic mass is 35.5. The summed E-state index contributed by atoms with van der Waals surface area (Å²) in [6, 6.07) is 34.5. The molecule has 248 valence electrons. The quantitative estimate of drug-likeness (QED) is 0.169. The van der Waals surface area contributed by atoms with Gasteiger partial charge >= 0.3 is 6.18 Å². The third-order valence-corrected chi connectivity index (χ3v) is 11.1. The number of hydrogen-bond donors (Lipinski definition) is 0. The number of allylic oxidation sites excluding steroid dienone is 2. The van der Waals surface area contributed by atoms with Crippen LogP contribution in [0.4, 0.5) is 18.9 Å². The van der Waals surface area contributed by atoms with Gasteiger partial charge in [0.05, 0.1) is 38.9 Å². The van der Waals surface area contributed by atoms with Gasteiger partial charge in [0, 0.05) is 10.0 Å². The minimum atomic E-state index is -4.86. The van der Waals surface area contributed by atoms with E-state index in [1.165, 1.54) is 6.07 Å². The summed E-state index contributed by atoms with van der Waals surface area (Å²) >= 11 is 18.7.